The van der Waals surface area contributed by atoms with Crippen molar-refractivity contribution in [3.8, 4) is 0 Å². The number of nitrogens with one attached hydrogen (secondary N) is 3. The Balaban J connectivity index is 1.28. The van der Waals surface area contributed by atoms with Crippen LogP contribution in [0.5, 0.6) is 0 Å². The second kappa shape index (κ2) is 11.7. The molecule has 0 spiro atoms. The van der Waals surface area contributed by atoms with Gasteiger partial charge < -0.3 is 30.5 Å². The van der Waals surface area contributed by atoms with Crippen LogP contribution in [-0.4, -0.2) is 79.8 Å². The van der Waals surface area contributed by atoms with Crippen LogP contribution in [0.25, 0.3) is 0 Å². The van der Waals surface area contributed by atoms with E-state index in [9.17, 15) is 18.0 Å². The number of nitrogens with zero attached hydrogens (tertiary/aromatic N) is 4. The summed E-state index contributed by atoms with van der Waals surface area (Å²) in [7, 11) is 0. The molecule has 0 radical (unpaired) electrons. The van der Waals surface area contributed by atoms with E-state index in [2.05, 4.69) is 36.9 Å². The summed E-state index contributed by atoms with van der Waals surface area (Å²) in [4.78, 5) is 24.3. The van der Waals surface area contributed by atoms with E-state index in [0.717, 1.165) is 62.2 Å². The van der Waals surface area contributed by atoms with Crippen LogP contribution in [0.1, 0.15) is 42.7 Å². The number of benzene rings is 1. The van der Waals surface area contributed by atoms with Crippen LogP contribution in [-0.2, 0) is 15.7 Å². The number of halogens is 3. The van der Waals surface area contributed by atoms with Crippen molar-refractivity contribution < 1.29 is 22.7 Å². The predicted molar refractivity (Wildman–Crippen MR) is 139 cm³/mol. The van der Waals surface area contributed by atoms with E-state index in [0.29, 0.717) is 45.1 Å². The van der Waals surface area contributed by atoms with Crippen LogP contribution >= 0.6 is 0 Å². The van der Waals surface area contributed by atoms with Crippen molar-refractivity contribution >= 4 is 29.0 Å². The molecule has 3 aliphatic rings. The molecule has 2 aromatic rings. The summed E-state index contributed by atoms with van der Waals surface area (Å²) in [6.45, 7) is 5.80. The summed E-state index contributed by atoms with van der Waals surface area (Å²) in [5.74, 6) is 0.268. The van der Waals surface area contributed by atoms with Gasteiger partial charge in [0, 0.05) is 63.4 Å². The van der Waals surface area contributed by atoms with E-state index < -0.39 is 11.7 Å². The first kappa shape index (κ1) is 26.5. The third kappa shape index (κ3) is 6.65. The van der Waals surface area contributed by atoms with E-state index >= 15 is 0 Å². The largest absolute Gasteiger partial charge is 0.421 e. The zero-order valence-electron chi connectivity index (χ0n) is 21.3. The van der Waals surface area contributed by atoms with Crippen LogP contribution in [0, 0.1) is 0 Å². The van der Waals surface area contributed by atoms with Gasteiger partial charge in [-0.05, 0) is 48.9 Å². The lowest BCUT2D eigenvalue weighted by molar-refractivity contribution is -0.137. The number of carbonyl (C=O) groups excluding carboxylic acids is 1. The Bertz CT molecular complexity index is 1120. The molecule has 1 aromatic carbocycles. The minimum absolute atomic E-state index is 0.00134. The van der Waals surface area contributed by atoms with Crippen molar-refractivity contribution in [1.82, 2.24) is 20.2 Å². The Hall–Kier alpha value is -3.12. The summed E-state index contributed by atoms with van der Waals surface area (Å²) in [5, 5.41) is 9.35. The number of aromatic nitrogens is 2. The first-order valence-corrected chi connectivity index (χ1v) is 13.3. The maximum absolute atomic E-state index is 13.7. The molecule has 0 bridgehead atoms. The maximum atomic E-state index is 13.7. The van der Waals surface area contributed by atoms with Gasteiger partial charge in [-0.2, -0.15) is 18.2 Å². The molecule has 9 nitrogen and oxygen atoms in total. The fourth-order valence-corrected chi connectivity index (χ4v) is 4.85. The molecule has 12 heteroatoms. The molecule has 38 heavy (non-hydrogen) atoms. The van der Waals surface area contributed by atoms with Gasteiger partial charge >= 0.3 is 6.18 Å². The van der Waals surface area contributed by atoms with Crippen LogP contribution in [0.3, 0.4) is 0 Å². The van der Waals surface area contributed by atoms with Crippen LogP contribution in [0.4, 0.5) is 36.3 Å². The van der Waals surface area contributed by atoms with E-state index in [1.807, 2.05) is 12.1 Å². The van der Waals surface area contributed by atoms with E-state index in [1.165, 1.54) is 0 Å². The van der Waals surface area contributed by atoms with Gasteiger partial charge in [0.15, 0.2) is 0 Å². The number of anilines is 4. The molecule has 3 heterocycles. The van der Waals surface area contributed by atoms with Crippen molar-refractivity contribution in [2.75, 3.05) is 74.6 Å². The third-order valence-corrected chi connectivity index (χ3v) is 7.09. The molecule has 3 fully saturated rings. The summed E-state index contributed by atoms with van der Waals surface area (Å²) in [6, 6.07) is 6.20. The standard InChI is InChI=1S/C26H34F3N7O2/c27-26(28,29)21-17-32-25(34-24(21)31-7-1-10-36-13-15-38-14-6-23(36)37)33-22-5-4-19(16-20(22)18-2-3-18)35-11-8-30-9-12-35/h4-5,16-18,30H,1-3,6-15H2,(H2,31,32,33,34). The highest BCUT2D eigenvalue weighted by Crippen LogP contribution is 2.45. The second-order valence-electron chi connectivity index (χ2n) is 9.89. The fraction of sp³-hybridized carbons (Fsp3) is 0.577. The lowest BCUT2D eigenvalue weighted by Crippen LogP contribution is -2.43. The quantitative estimate of drug-likeness (QED) is 0.421. The topological polar surface area (TPSA) is 94.6 Å². The smallest absolute Gasteiger partial charge is 0.379 e. The molecule has 1 aromatic heterocycles. The van der Waals surface area contributed by atoms with E-state index in [4.69, 9.17) is 4.74 Å². The van der Waals surface area contributed by atoms with Gasteiger partial charge in [-0.25, -0.2) is 4.98 Å². The number of carbonyl (C=O) groups is 1. The van der Waals surface area contributed by atoms with Crippen molar-refractivity contribution in [2.45, 2.75) is 37.8 Å². The van der Waals surface area contributed by atoms with Crippen LogP contribution < -0.4 is 20.9 Å². The van der Waals surface area contributed by atoms with Gasteiger partial charge in [-0.1, -0.05) is 0 Å². The molecule has 3 N–H and O–H groups in total. The summed E-state index contributed by atoms with van der Waals surface area (Å²) in [6.07, 6.45) is -0.791. The highest BCUT2D eigenvalue weighted by atomic mass is 19.4. The zero-order valence-corrected chi connectivity index (χ0v) is 21.3. The number of piperazine rings is 1. The monoisotopic (exact) mass is 533 g/mol. The Morgan fingerprint density at radius 3 is 2.71 bits per heavy atom. The van der Waals surface area contributed by atoms with E-state index in [-0.39, 0.29) is 24.2 Å². The first-order valence-electron chi connectivity index (χ1n) is 13.3. The molecule has 1 aliphatic carbocycles. The fourth-order valence-electron chi connectivity index (χ4n) is 4.85. The first-order chi connectivity index (χ1) is 18.4. The highest BCUT2D eigenvalue weighted by Gasteiger charge is 2.35. The van der Waals surface area contributed by atoms with Crippen LogP contribution in [0.2, 0.25) is 0 Å². The minimum atomic E-state index is -4.59. The molecular weight excluding hydrogens is 499 g/mol. The Morgan fingerprint density at radius 1 is 1.13 bits per heavy atom. The second-order valence-corrected chi connectivity index (χ2v) is 9.89. The van der Waals surface area contributed by atoms with Gasteiger partial charge in [-0.15, -0.1) is 0 Å². The van der Waals surface area contributed by atoms with Crippen molar-refractivity contribution in [3.63, 3.8) is 0 Å². The summed E-state index contributed by atoms with van der Waals surface area (Å²) >= 11 is 0. The Kier molecular flexibility index (Phi) is 8.18. The molecule has 0 atom stereocenters. The number of hydrogen-bond acceptors (Lipinski definition) is 8. The minimum Gasteiger partial charge on any atom is -0.379 e. The Morgan fingerprint density at radius 2 is 1.95 bits per heavy atom. The van der Waals surface area contributed by atoms with Crippen molar-refractivity contribution in [1.29, 1.82) is 0 Å². The lowest BCUT2D eigenvalue weighted by atomic mass is 10.1. The molecule has 2 aliphatic heterocycles. The van der Waals surface area contributed by atoms with Crippen molar-refractivity contribution in [3.05, 3.63) is 35.5 Å². The third-order valence-electron chi connectivity index (χ3n) is 7.09. The average Bonchev–Trinajstić information content (AvgIpc) is 3.76. The number of rotatable bonds is 9. The van der Waals surface area contributed by atoms with Gasteiger partial charge in [0.05, 0.1) is 19.6 Å². The van der Waals surface area contributed by atoms with Gasteiger partial charge in [-0.3, -0.25) is 4.79 Å². The average molecular weight is 534 g/mol. The number of hydrogen-bond donors (Lipinski definition) is 3. The van der Waals surface area contributed by atoms with Crippen LogP contribution in [0.15, 0.2) is 24.4 Å². The molecule has 206 valence electrons. The Labute approximate surface area is 220 Å². The number of amides is 1. The van der Waals surface area contributed by atoms with Gasteiger partial charge in [0.25, 0.3) is 0 Å². The maximum Gasteiger partial charge on any atom is 0.421 e. The molecule has 5 rings (SSSR count). The zero-order chi connectivity index (χ0) is 26.5. The molecular formula is C26H34F3N7O2. The van der Waals surface area contributed by atoms with E-state index in [1.54, 1.807) is 4.90 Å². The SMILES string of the molecule is O=C1CCOCCN1CCCNc1nc(Nc2ccc(N3CCNCC3)cc2C2CC2)ncc1C(F)(F)F. The number of alkyl halides is 3. The highest BCUT2D eigenvalue weighted by molar-refractivity contribution is 5.76. The van der Waals surface area contributed by atoms with Gasteiger partial charge in [0.1, 0.15) is 11.4 Å². The summed E-state index contributed by atoms with van der Waals surface area (Å²) in [5.41, 5.74) is 2.20. The predicted octanol–water partition coefficient (Wildman–Crippen LogP) is 3.58. The molecule has 1 saturated carbocycles. The van der Waals surface area contributed by atoms with Gasteiger partial charge in [0.2, 0.25) is 11.9 Å². The molecule has 0 unspecified atom stereocenters. The van der Waals surface area contributed by atoms with Crippen molar-refractivity contribution in [2.24, 2.45) is 0 Å². The normalized spacial score (nSPS) is 18.9. The summed E-state index contributed by atoms with van der Waals surface area (Å²) < 4.78 is 46.4. The number of ether oxygens (including phenoxy) is 1. The molecule has 2 saturated heterocycles. The molecule has 1 amide bonds. The lowest BCUT2D eigenvalue weighted by Gasteiger charge is -2.30.